The van der Waals surface area contributed by atoms with Crippen molar-refractivity contribution < 1.29 is 0 Å². The Labute approximate surface area is 305 Å². The zero-order valence-corrected chi connectivity index (χ0v) is 29.3. The molecule has 0 amide bonds. The number of rotatable bonds is 5. The fraction of sp³-hybridized carbons (Fsp3) is 0.0588. The molecule has 1 aliphatic rings. The number of benzene rings is 9. The summed E-state index contributed by atoms with van der Waals surface area (Å²) < 4.78 is 0. The molecular weight excluding hydrogens is 627 g/mol. The second-order valence-corrected chi connectivity index (χ2v) is 14.6. The van der Waals surface area contributed by atoms with Crippen molar-refractivity contribution in [2.45, 2.75) is 19.3 Å². The van der Waals surface area contributed by atoms with Crippen LogP contribution >= 0.6 is 0 Å². The van der Waals surface area contributed by atoms with Crippen LogP contribution < -0.4 is 4.90 Å². The first kappa shape index (κ1) is 30.4. The van der Waals surface area contributed by atoms with Crippen LogP contribution in [0, 0.1) is 0 Å². The Morgan fingerprint density at radius 3 is 1.87 bits per heavy atom. The van der Waals surface area contributed by atoms with Crippen molar-refractivity contribution in [2.24, 2.45) is 0 Å². The molecule has 0 radical (unpaired) electrons. The largest absolute Gasteiger partial charge is 0.310 e. The molecule has 0 heterocycles. The smallest absolute Gasteiger partial charge is 0.0546 e. The Kier molecular flexibility index (Phi) is 6.91. The summed E-state index contributed by atoms with van der Waals surface area (Å²) in [5.74, 6) is 0. The van der Waals surface area contributed by atoms with Crippen LogP contribution in [0.5, 0.6) is 0 Å². The molecule has 0 aromatic heterocycles. The average molecular weight is 664 g/mol. The molecule has 0 aliphatic heterocycles. The van der Waals surface area contributed by atoms with E-state index in [4.69, 9.17) is 0 Å². The Morgan fingerprint density at radius 1 is 0.385 bits per heavy atom. The first-order valence-corrected chi connectivity index (χ1v) is 18.2. The average Bonchev–Trinajstić information content (AvgIpc) is 3.20. The van der Waals surface area contributed by atoms with Gasteiger partial charge in [-0.05, 0) is 108 Å². The van der Waals surface area contributed by atoms with Gasteiger partial charge < -0.3 is 4.90 Å². The number of anilines is 3. The molecular formula is C51H37N. The van der Waals surface area contributed by atoms with E-state index < -0.39 is 0 Å². The molecule has 9 aromatic carbocycles. The minimum absolute atomic E-state index is 0.178. The maximum atomic E-state index is 2.47. The predicted octanol–water partition coefficient (Wildman–Crippen LogP) is 14.3. The third-order valence-electron chi connectivity index (χ3n) is 11.2. The van der Waals surface area contributed by atoms with Gasteiger partial charge >= 0.3 is 0 Å². The first-order chi connectivity index (χ1) is 25.5. The molecule has 0 bridgehead atoms. The van der Waals surface area contributed by atoms with Crippen molar-refractivity contribution in [1.29, 1.82) is 0 Å². The van der Waals surface area contributed by atoms with Crippen molar-refractivity contribution >= 4 is 49.4 Å². The van der Waals surface area contributed by atoms with Gasteiger partial charge in [-0.15, -0.1) is 0 Å². The van der Waals surface area contributed by atoms with Crippen molar-refractivity contribution in [1.82, 2.24) is 0 Å². The molecule has 10 rings (SSSR count). The lowest BCUT2D eigenvalue weighted by atomic mass is 9.67. The summed E-state index contributed by atoms with van der Waals surface area (Å²) in [6.07, 6.45) is 0. The standard InChI is InChI=1S/C51H37N/c1-51(2)46-30-25-40(44-20-10-17-37-15-8-9-19-43(37)44)33-45(46)50-48(31-26-38-18-11-21-47(51)49(38)50)52(42-29-24-35-14-6-7-16-39(35)32-42)41-27-22-36(23-28-41)34-12-4-3-5-13-34/h3-33H,1-2H3. The fourth-order valence-corrected chi connectivity index (χ4v) is 8.61. The van der Waals surface area contributed by atoms with Crippen molar-refractivity contribution in [2.75, 3.05) is 4.90 Å². The van der Waals surface area contributed by atoms with E-state index in [9.17, 15) is 0 Å². The Morgan fingerprint density at radius 2 is 1.02 bits per heavy atom. The van der Waals surface area contributed by atoms with Gasteiger partial charge in [-0.25, -0.2) is 0 Å². The molecule has 1 aliphatic carbocycles. The van der Waals surface area contributed by atoms with Gasteiger partial charge in [-0.1, -0.05) is 166 Å². The fourth-order valence-electron chi connectivity index (χ4n) is 8.61. The summed E-state index contributed by atoms with van der Waals surface area (Å²) >= 11 is 0. The van der Waals surface area contributed by atoms with Gasteiger partial charge in [0.05, 0.1) is 5.69 Å². The maximum absolute atomic E-state index is 2.47. The zero-order chi connectivity index (χ0) is 34.8. The van der Waals surface area contributed by atoms with Crippen molar-refractivity contribution in [3.8, 4) is 33.4 Å². The van der Waals surface area contributed by atoms with Crippen LogP contribution in [-0.2, 0) is 5.41 Å². The van der Waals surface area contributed by atoms with Crippen LogP contribution in [0.3, 0.4) is 0 Å². The van der Waals surface area contributed by atoms with Crippen LogP contribution in [0.2, 0.25) is 0 Å². The molecule has 0 unspecified atom stereocenters. The minimum atomic E-state index is -0.178. The minimum Gasteiger partial charge on any atom is -0.310 e. The second kappa shape index (κ2) is 11.8. The monoisotopic (exact) mass is 663 g/mol. The van der Waals surface area contributed by atoms with Crippen LogP contribution in [0.25, 0.3) is 65.7 Å². The quantitative estimate of drug-likeness (QED) is 0.177. The number of hydrogen-bond donors (Lipinski definition) is 0. The lowest BCUT2D eigenvalue weighted by molar-refractivity contribution is 0.645. The van der Waals surface area contributed by atoms with Gasteiger partial charge in [0, 0.05) is 22.4 Å². The van der Waals surface area contributed by atoms with Crippen LogP contribution in [0.15, 0.2) is 188 Å². The van der Waals surface area contributed by atoms with E-state index in [0.717, 1.165) is 11.4 Å². The highest BCUT2D eigenvalue weighted by molar-refractivity contribution is 6.11. The van der Waals surface area contributed by atoms with E-state index in [-0.39, 0.29) is 5.41 Å². The summed E-state index contributed by atoms with van der Waals surface area (Å²) in [6.45, 7) is 4.77. The van der Waals surface area contributed by atoms with Gasteiger partial charge in [0.2, 0.25) is 0 Å². The van der Waals surface area contributed by atoms with Crippen molar-refractivity contribution in [3.63, 3.8) is 0 Å². The highest BCUT2D eigenvalue weighted by atomic mass is 15.1. The Bertz CT molecular complexity index is 2800. The molecule has 0 N–H and O–H groups in total. The van der Waals surface area contributed by atoms with E-state index in [1.165, 1.54) is 82.5 Å². The van der Waals surface area contributed by atoms with Crippen LogP contribution in [0.4, 0.5) is 17.1 Å². The molecule has 246 valence electrons. The van der Waals surface area contributed by atoms with E-state index in [0.29, 0.717) is 0 Å². The number of nitrogens with zero attached hydrogens (tertiary/aromatic N) is 1. The Hall–Kier alpha value is -6.44. The second-order valence-electron chi connectivity index (χ2n) is 14.6. The zero-order valence-electron chi connectivity index (χ0n) is 29.3. The van der Waals surface area contributed by atoms with Crippen LogP contribution in [-0.4, -0.2) is 0 Å². The summed E-state index contributed by atoms with van der Waals surface area (Å²) in [5.41, 5.74) is 13.5. The first-order valence-electron chi connectivity index (χ1n) is 18.2. The predicted molar refractivity (Wildman–Crippen MR) is 222 cm³/mol. The molecule has 52 heavy (non-hydrogen) atoms. The van der Waals surface area contributed by atoms with Crippen LogP contribution in [0.1, 0.15) is 25.0 Å². The normalized spacial score (nSPS) is 13.0. The highest BCUT2D eigenvalue weighted by Gasteiger charge is 2.36. The lowest BCUT2D eigenvalue weighted by Gasteiger charge is -2.38. The maximum Gasteiger partial charge on any atom is 0.0546 e. The van der Waals surface area contributed by atoms with Gasteiger partial charge in [0.25, 0.3) is 0 Å². The summed E-state index contributed by atoms with van der Waals surface area (Å²) in [7, 11) is 0. The lowest BCUT2D eigenvalue weighted by Crippen LogP contribution is -2.24. The summed E-state index contributed by atoms with van der Waals surface area (Å²) in [4.78, 5) is 2.47. The third kappa shape index (κ3) is 4.77. The topological polar surface area (TPSA) is 3.24 Å². The van der Waals surface area contributed by atoms with Gasteiger partial charge in [0.15, 0.2) is 0 Å². The highest BCUT2D eigenvalue weighted by Crippen LogP contribution is 2.54. The molecule has 1 nitrogen and oxygen atoms in total. The van der Waals surface area contributed by atoms with Gasteiger partial charge in [0.1, 0.15) is 0 Å². The van der Waals surface area contributed by atoms with E-state index in [2.05, 4.69) is 207 Å². The molecule has 0 fully saturated rings. The van der Waals surface area contributed by atoms with Gasteiger partial charge in [-0.3, -0.25) is 0 Å². The summed E-state index contributed by atoms with van der Waals surface area (Å²) in [6, 6.07) is 69.3. The molecule has 1 heteroatoms. The molecule has 0 saturated heterocycles. The molecule has 0 spiro atoms. The van der Waals surface area contributed by atoms with E-state index >= 15 is 0 Å². The molecule has 9 aromatic rings. The van der Waals surface area contributed by atoms with Gasteiger partial charge in [-0.2, -0.15) is 0 Å². The number of fused-ring (bicyclic) bond motifs is 4. The SMILES string of the molecule is CC1(C)c2ccc(-c3cccc4ccccc34)cc2-c2c(N(c3ccc(-c4ccccc4)cc3)c3ccc4ccccc4c3)ccc3cccc1c23. The third-order valence-corrected chi connectivity index (χ3v) is 11.2. The molecule has 0 saturated carbocycles. The Balaban J connectivity index is 1.26. The van der Waals surface area contributed by atoms with Crippen molar-refractivity contribution in [3.05, 3.63) is 199 Å². The number of hydrogen-bond acceptors (Lipinski definition) is 1. The van der Waals surface area contributed by atoms with E-state index in [1.54, 1.807) is 0 Å². The van der Waals surface area contributed by atoms with E-state index in [1.807, 2.05) is 0 Å². The summed E-state index contributed by atoms with van der Waals surface area (Å²) in [5, 5.41) is 7.59. The molecule has 0 atom stereocenters.